The third kappa shape index (κ3) is 2.86. The highest BCUT2D eigenvalue weighted by molar-refractivity contribution is 5.64. The van der Waals surface area contributed by atoms with Gasteiger partial charge in [-0.15, -0.1) is 0 Å². The van der Waals surface area contributed by atoms with Crippen molar-refractivity contribution in [3.63, 3.8) is 0 Å². The number of H-pyrrole nitrogens is 1. The Balaban J connectivity index is 1.97. The molecule has 1 atom stereocenters. The van der Waals surface area contributed by atoms with E-state index in [0.717, 1.165) is 22.4 Å². The van der Waals surface area contributed by atoms with Crippen LogP contribution in [0.1, 0.15) is 42.6 Å². The van der Waals surface area contributed by atoms with Gasteiger partial charge < -0.3 is 4.98 Å². The fourth-order valence-electron chi connectivity index (χ4n) is 3.25. The number of nitrogens with zero attached hydrogens (tertiary/aromatic N) is 1. The van der Waals surface area contributed by atoms with Gasteiger partial charge in [-0.05, 0) is 75.5 Å². The lowest BCUT2D eigenvalue weighted by Gasteiger charge is -2.24. The second kappa shape index (κ2) is 6.09. The van der Waals surface area contributed by atoms with Gasteiger partial charge in [0.2, 0.25) is 0 Å². The fourth-order valence-corrected chi connectivity index (χ4v) is 3.25. The van der Waals surface area contributed by atoms with Gasteiger partial charge in [-0.25, -0.2) is 0 Å². The Bertz CT molecular complexity index is 726. The van der Waals surface area contributed by atoms with Crippen LogP contribution in [0.4, 0.5) is 0 Å². The topological polar surface area (TPSA) is 36.1 Å². The van der Waals surface area contributed by atoms with E-state index in [4.69, 9.17) is 0 Å². The van der Waals surface area contributed by atoms with Crippen LogP contribution in [0, 0.1) is 13.8 Å². The highest BCUT2D eigenvalue weighted by Gasteiger charge is 2.19. The molecule has 3 heteroatoms. The third-order valence-electron chi connectivity index (χ3n) is 4.87. The van der Waals surface area contributed by atoms with Crippen LogP contribution < -0.4 is 5.56 Å². The van der Waals surface area contributed by atoms with Crippen LogP contribution in [0.25, 0.3) is 11.1 Å². The van der Waals surface area contributed by atoms with Gasteiger partial charge in [0.05, 0.1) is 0 Å². The number of aryl methyl sites for hydroxylation is 2. The van der Waals surface area contributed by atoms with Crippen molar-refractivity contribution >= 4 is 0 Å². The average molecular weight is 296 g/mol. The molecule has 1 N–H and O–H groups in total. The van der Waals surface area contributed by atoms with Crippen molar-refractivity contribution in [2.75, 3.05) is 13.1 Å². The van der Waals surface area contributed by atoms with Crippen molar-refractivity contribution in [3.8, 4) is 11.1 Å². The lowest BCUT2D eigenvalue weighted by Crippen LogP contribution is -2.23. The quantitative estimate of drug-likeness (QED) is 0.935. The molecule has 1 fully saturated rings. The molecule has 0 unspecified atom stereocenters. The highest BCUT2D eigenvalue weighted by atomic mass is 16.1. The first kappa shape index (κ1) is 15.0. The van der Waals surface area contributed by atoms with E-state index in [0.29, 0.717) is 6.04 Å². The molecule has 1 aliphatic heterocycles. The Labute approximate surface area is 132 Å². The van der Waals surface area contributed by atoms with E-state index in [1.54, 1.807) is 0 Å². The molecular formula is C19H24N2O. The number of likely N-dealkylation sites (tertiary alicyclic amines) is 1. The van der Waals surface area contributed by atoms with Gasteiger partial charge in [-0.2, -0.15) is 0 Å². The second-order valence-corrected chi connectivity index (χ2v) is 6.36. The Hall–Kier alpha value is -1.87. The van der Waals surface area contributed by atoms with Crippen molar-refractivity contribution in [3.05, 3.63) is 57.5 Å². The molecule has 2 heterocycles. The molecule has 22 heavy (non-hydrogen) atoms. The average Bonchev–Trinajstić information content (AvgIpc) is 3.04. The number of hydrogen-bond donors (Lipinski definition) is 1. The van der Waals surface area contributed by atoms with Crippen LogP contribution in [-0.4, -0.2) is 23.0 Å². The Kier molecular flexibility index (Phi) is 4.16. The smallest absolute Gasteiger partial charge is 0.256 e. The van der Waals surface area contributed by atoms with Gasteiger partial charge in [0.25, 0.3) is 5.56 Å². The summed E-state index contributed by atoms with van der Waals surface area (Å²) in [4.78, 5) is 17.7. The summed E-state index contributed by atoms with van der Waals surface area (Å²) in [6.45, 7) is 8.58. The molecule has 3 rings (SSSR count). The normalized spacial score (nSPS) is 16.9. The molecule has 0 saturated carbocycles. The summed E-state index contributed by atoms with van der Waals surface area (Å²) < 4.78 is 0. The minimum absolute atomic E-state index is 0.00549. The van der Waals surface area contributed by atoms with Crippen LogP contribution in [0.2, 0.25) is 0 Å². The van der Waals surface area contributed by atoms with Crippen molar-refractivity contribution < 1.29 is 0 Å². The SMILES string of the molecule is Cc1cc(-c2cccc([C@H](C)N3CCCC3)c2)c(=O)[nH]c1C. The predicted octanol–water partition coefficient (Wildman–Crippen LogP) is 3.82. The number of rotatable bonds is 3. The molecular weight excluding hydrogens is 272 g/mol. The number of aromatic nitrogens is 1. The van der Waals surface area contributed by atoms with E-state index >= 15 is 0 Å². The van der Waals surface area contributed by atoms with Crippen molar-refractivity contribution in [2.24, 2.45) is 0 Å². The van der Waals surface area contributed by atoms with Crippen LogP contribution >= 0.6 is 0 Å². The van der Waals surface area contributed by atoms with Gasteiger partial charge in [0.1, 0.15) is 0 Å². The van der Waals surface area contributed by atoms with E-state index < -0.39 is 0 Å². The monoisotopic (exact) mass is 296 g/mol. The highest BCUT2D eigenvalue weighted by Crippen LogP contribution is 2.27. The molecule has 0 amide bonds. The first-order valence-corrected chi connectivity index (χ1v) is 8.11. The number of nitrogens with one attached hydrogen (secondary N) is 1. The second-order valence-electron chi connectivity index (χ2n) is 6.36. The van der Waals surface area contributed by atoms with E-state index in [-0.39, 0.29) is 5.56 Å². The molecule has 1 aromatic carbocycles. The van der Waals surface area contributed by atoms with Crippen molar-refractivity contribution in [1.29, 1.82) is 0 Å². The summed E-state index contributed by atoms with van der Waals surface area (Å²) in [6.07, 6.45) is 2.59. The first-order chi connectivity index (χ1) is 10.6. The number of aromatic amines is 1. The van der Waals surface area contributed by atoms with Crippen molar-refractivity contribution in [2.45, 2.75) is 39.7 Å². The molecule has 0 radical (unpaired) electrons. The van der Waals surface area contributed by atoms with Crippen LogP contribution in [0.15, 0.2) is 35.1 Å². The maximum absolute atomic E-state index is 12.3. The maximum atomic E-state index is 12.3. The Morgan fingerprint density at radius 2 is 1.86 bits per heavy atom. The minimum Gasteiger partial charge on any atom is -0.326 e. The summed E-state index contributed by atoms with van der Waals surface area (Å²) in [5, 5.41) is 0. The standard InChI is InChI=1S/C19H24N2O/c1-13-11-18(19(22)20-14(13)2)17-8-6-7-16(12-17)15(3)21-9-4-5-10-21/h6-8,11-12,15H,4-5,9-10H2,1-3H3,(H,20,22)/t15-/m0/s1. The van der Waals surface area contributed by atoms with Gasteiger partial charge in [-0.1, -0.05) is 18.2 Å². The Morgan fingerprint density at radius 3 is 2.59 bits per heavy atom. The molecule has 0 bridgehead atoms. The minimum atomic E-state index is -0.00549. The Morgan fingerprint density at radius 1 is 1.14 bits per heavy atom. The fraction of sp³-hybridized carbons (Fsp3) is 0.421. The molecule has 1 aromatic heterocycles. The van der Waals surface area contributed by atoms with Crippen LogP contribution in [-0.2, 0) is 0 Å². The van der Waals surface area contributed by atoms with Crippen LogP contribution in [0.3, 0.4) is 0 Å². The lowest BCUT2D eigenvalue weighted by atomic mass is 9.99. The predicted molar refractivity (Wildman–Crippen MR) is 91.2 cm³/mol. The zero-order valence-corrected chi connectivity index (χ0v) is 13.6. The summed E-state index contributed by atoms with van der Waals surface area (Å²) >= 11 is 0. The van der Waals surface area contributed by atoms with Gasteiger partial charge in [0, 0.05) is 17.3 Å². The molecule has 0 spiro atoms. The number of benzene rings is 1. The molecule has 1 aliphatic rings. The zero-order valence-electron chi connectivity index (χ0n) is 13.6. The van der Waals surface area contributed by atoms with Gasteiger partial charge in [-0.3, -0.25) is 9.69 Å². The third-order valence-corrected chi connectivity index (χ3v) is 4.87. The molecule has 1 saturated heterocycles. The summed E-state index contributed by atoms with van der Waals surface area (Å²) in [5.41, 5.74) is 5.11. The first-order valence-electron chi connectivity index (χ1n) is 8.11. The van der Waals surface area contributed by atoms with Gasteiger partial charge >= 0.3 is 0 Å². The van der Waals surface area contributed by atoms with Crippen LogP contribution in [0.5, 0.6) is 0 Å². The van der Waals surface area contributed by atoms with E-state index in [2.05, 4.69) is 35.0 Å². The summed E-state index contributed by atoms with van der Waals surface area (Å²) in [7, 11) is 0. The van der Waals surface area contributed by atoms with E-state index in [1.165, 1.54) is 31.5 Å². The molecule has 2 aromatic rings. The van der Waals surface area contributed by atoms with E-state index in [1.807, 2.05) is 26.0 Å². The molecule has 3 nitrogen and oxygen atoms in total. The zero-order chi connectivity index (χ0) is 15.7. The largest absolute Gasteiger partial charge is 0.326 e. The van der Waals surface area contributed by atoms with Crippen molar-refractivity contribution in [1.82, 2.24) is 9.88 Å². The van der Waals surface area contributed by atoms with E-state index in [9.17, 15) is 4.79 Å². The molecule has 0 aliphatic carbocycles. The summed E-state index contributed by atoms with van der Waals surface area (Å²) in [5.74, 6) is 0. The number of pyridine rings is 1. The lowest BCUT2D eigenvalue weighted by molar-refractivity contribution is 0.263. The maximum Gasteiger partial charge on any atom is 0.256 e. The van der Waals surface area contributed by atoms with Gasteiger partial charge in [0.15, 0.2) is 0 Å². The number of hydrogen-bond acceptors (Lipinski definition) is 2. The summed E-state index contributed by atoms with van der Waals surface area (Å²) in [6, 6.07) is 10.8. The molecule has 116 valence electrons.